The van der Waals surface area contributed by atoms with Gasteiger partial charge in [-0.25, -0.2) is 19.9 Å². The van der Waals surface area contributed by atoms with E-state index in [2.05, 4.69) is 109 Å². The summed E-state index contributed by atoms with van der Waals surface area (Å²) in [7, 11) is 0. The lowest BCUT2D eigenvalue weighted by molar-refractivity contribution is 1.18. The molecule has 0 aliphatic heterocycles. The number of hydrogen-bond acceptors (Lipinski definition) is 5. The largest absolute Gasteiger partial charge is 0.244 e. The molecule has 7 aromatic carbocycles. The normalized spacial score (nSPS) is 10.9. The van der Waals surface area contributed by atoms with Gasteiger partial charge in [0.25, 0.3) is 0 Å². The van der Waals surface area contributed by atoms with E-state index in [1.54, 1.807) is 0 Å². The summed E-state index contributed by atoms with van der Waals surface area (Å²) >= 11 is 0. The van der Waals surface area contributed by atoms with Gasteiger partial charge in [-0.15, -0.1) is 0 Å². The van der Waals surface area contributed by atoms with Crippen LogP contribution >= 0.6 is 0 Å². The molecule has 0 saturated carbocycles. The smallest absolute Gasteiger partial charge is 0.160 e. The van der Waals surface area contributed by atoms with Crippen LogP contribution in [0.15, 0.2) is 188 Å². The van der Waals surface area contributed by atoms with E-state index in [0.29, 0.717) is 11.4 Å². The molecule has 2 heterocycles. The third-order valence-corrected chi connectivity index (χ3v) is 9.55. The lowest BCUT2D eigenvalue weighted by atomic mass is 9.98. The molecular formula is C49H31N5. The molecule has 0 spiro atoms. The summed E-state index contributed by atoms with van der Waals surface area (Å²) in [6.45, 7) is 0. The Labute approximate surface area is 313 Å². The molecule has 0 amide bonds. The number of hydrogen-bond donors (Lipinski definition) is 0. The molecule has 5 heteroatoms. The fourth-order valence-electron chi connectivity index (χ4n) is 6.71. The first kappa shape index (κ1) is 32.4. The first-order valence-corrected chi connectivity index (χ1v) is 17.8. The second kappa shape index (κ2) is 14.2. The molecule has 9 aromatic rings. The van der Waals surface area contributed by atoms with Gasteiger partial charge in [-0.3, -0.25) is 0 Å². The fraction of sp³-hybridized carbons (Fsp3) is 0. The maximum absolute atomic E-state index is 9.40. The first-order valence-electron chi connectivity index (χ1n) is 17.8. The SMILES string of the molecule is N#Cc1cccc(-c2ccc(-c3nc4ccccc4nc3-c3ccc(-c4cc(-c5ccc(-c6ccccc6)cc5)nc(-c5ccccc5)n4)cc3)cc2)c1. The molecule has 0 fully saturated rings. The highest BCUT2D eigenvalue weighted by Crippen LogP contribution is 2.35. The van der Waals surface area contributed by atoms with Crippen LogP contribution < -0.4 is 0 Å². The number of aromatic nitrogens is 4. The van der Waals surface area contributed by atoms with E-state index in [9.17, 15) is 5.26 Å². The van der Waals surface area contributed by atoms with Crippen LogP contribution in [-0.2, 0) is 0 Å². The average Bonchev–Trinajstić information content (AvgIpc) is 3.26. The van der Waals surface area contributed by atoms with Crippen LogP contribution in [0.5, 0.6) is 0 Å². The number of fused-ring (bicyclic) bond motifs is 1. The lowest BCUT2D eigenvalue weighted by Crippen LogP contribution is -1.97. The van der Waals surface area contributed by atoms with Gasteiger partial charge in [0.2, 0.25) is 0 Å². The monoisotopic (exact) mass is 689 g/mol. The molecule has 0 aliphatic rings. The van der Waals surface area contributed by atoms with Crippen LogP contribution in [0.1, 0.15) is 5.56 Å². The van der Waals surface area contributed by atoms with Crippen LogP contribution in [0.3, 0.4) is 0 Å². The van der Waals surface area contributed by atoms with Gasteiger partial charge in [0, 0.05) is 27.8 Å². The molecule has 9 rings (SSSR count). The van der Waals surface area contributed by atoms with E-state index in [4.69, 9.17) is 19.9 Å². The zero-order valence-corrected chi connectivity index (χ0v) is 29.1. The molecule has 0 unspecified atom stereocenters. The minimum absolute atomic E-state index is 0.634. The summed E-state index contributed by atoms with van der Waals surface area (Å²) in [6.07, 6.45) is 0. The molecule has 2 aromatic heterocycles. The van der Waals surface area contributed by atoms with Crippen LogP contribution in [0.2, 0.25) is 0 Å². The quantitative estimate of drug-likeness (QED) is 0.166. The van der Waals surface area contributed by atoms with E-state index in [-0.39, 0.29) is 0 Å². The van der Waals surface area contributed by atoms with Crippen molar-refractivity contribution >= 4 is 11.0 Å². The Morgan fingerprint density at radius 2 is 0.722 bits per heavy atom. The predicted molar refractivity (Wildman–Crippen MR) is 218 cm³/mol. The van der Waals surface area contributed by atoms with E-state index < -0.39 is 0 Å². The fourth-order valence-corrected chi connectivity index (χ4v) is 6.71. The summed E-state index contributed by atoms with van der Waals surface area (Å²) in [5.41, 5.74) is 14.8. The van der Waals surface area contributed by atoms with Gasteiger partial charge in [0.05, 0.1) is 45.4 Å². The number of nitrogens with zero attached hydrogens (tertiary/aromatic N) is 5. The summed E-state index contributed by atoms with van der Waals surface area (Å²) in [4.78, 5) is 20.4. The Hall–Kier alpha value is -7.55. The van der Waals surface area contributed by atoms with Gasteiger partial charge in [-0.2, -0.15) is 5.26 Å². The minimum atomic E-state index is 0.634. The molecule has 0 N–H and O–H groups in total. The number of rotatable bonds is 7. The van der Waals surface area contributed by atoms with Gasteiger partial charge in [0.1, 0.15) is 0 Å². The van der Waals surface area contributed by atoms with Crippen molar-refractivity contribution in [1.29, 1.82) is 5.26 Å². The summed E-state index contributed by atoms with van der Waals surface area (Å²) in [5.74, 6) is 0.671. The van der Waals surface area contributed by atoms with Crippen LogP contribution in [0.25, 0.3) is 89.7 Å². The van der Waals surface area contributed by atoms with Crippen molar-refractivity contribution in [3.8, 4) is 84.7 Å². The molecule has 0 saturated heterocycles. The van der Waals surface area contributed by atoms with Gasteiger partial charge in [-0.1, -0.05) is 158 Å². The minimum Gasteiger partial charge on any atom is -0.244 e. The maximum Gasteiger partial charge on any atom is 0.160 e. The third-order valence-electron chi connectivity index (χ3n) is 9.55. The maximum atomic E-state index is 9.40. The highest BCUT2D eigenvalue weighted by Gasteiger charge is 2.16. The van der Waals surface area contributed by atoms with Crippen LogP contribution in [0, 0.1) is 11.3 Å². The van der Waals surface area contributed by atoms with Gasteiger partial charge in [-0.05, 0) is 52.6 Å². The Morgan fingerprint density at radius 1 is 0.315 bits per heavy atom. The number of para-hydroxylation sites is 2. The lowest BCUT2D eigenvalue weighted by Gasteiger charge is -2.13. The molecule has 0 atom stereocenters. The first-order chi connectivity index (χ1) is 26.7. The van der Waals surface area contributed by atoms with E-state index in [1.165, 1.54) is 5.56 Å². The molecule has 0 radical (unpaired) electrons. The summed E-state index contributed by atoms with van der Waals surface area (Å²) in [5, 5.41) is 9.40. The van der Waals surface area contributed by atoms with Crippen molar-refractivity contribution in [3.05, 3.63) is 194 Å². The van der Waals surface area contributed by atoms with E-state index >= 15 is 0 Å². The zero-order valence-electron chi connectivity index (χ0n) is 29.1. The number of nitriles is 1. The molecular weight excluding hydrogens is 659 g/mol. The molecule has 252 valence electrons. The summed E-state index contributed by atoms with van der Waals surface area (Å²) < 4.78 is 0. The van der Waals surface area contributed by atoms with Crippen LogP contribution in [0.4, 0.5) is 0 Å². The standard InChI is InChI=1S/C49H31N5/c50-32-33-10-9-15-42(30-33)36-20-26-39(27-21-36)47-48(52-44-17-8-7-16-43(44)51-47)40-28-24-38(25-29-40)46-31-45(53-49(54-46)41-13-5-2-6-14-41)37-22-18-35(19-23-37)34-11-3-1-4-12-34/h1-31H. The topological polar surface area (TPSA) is 75.3 Å². The molecule has 5 nitrogen and oxygen atoms in total. The van der Waals surface area contributed by atoms with Crippen molar-refractivity contribution in [1.82, 2.24) is 19.9 Å². The van der Waals surface area contributed by atoms with Gasteiger partial charge in [0.15, 0.2) is 5.82 Å². The van der Waals surface area contributed by atoms with Gasteiger partial charge < -0.3 is 0 Å². The van der Waals surface area contributed by atoms with Crippen molar-refractivity contribution in [2.24, 2.45) is 0 Å². The Bertz CT molecular complexity index is 2790. The summed E-state index contributed by atoms with van der Waals surface area (Å²) in [6, 6.07) is 65.6. The second-order valence-corrected chi connectivity index (χ2v) is 13.0. The van der Waals surface area contributed by atoms with Crippen molar-refractivity contribution < 1.29 is 0 Å². The highest BCUT2D eigenvalue weighted by atomic mass is 14.9. The molecule has 0 bridgehead atoms. The third kappa shape index (κ3) is 6.52. The molecule has 54 heavy (non-hydrogen) atoms. The number of benzene rings is 7. The Morgan fingerprint density at radius 3 is 1.24 bits per heavy atom. The predicted octanol–water partition coefficient (Wildman–Crippen LogP) is 12.0. The van der Waals surface area contributed by atoms with Gasteiger partial charge >= 0.3 is 0 Å². The van der Waals surface area contributed by atoms with E-state index in [0.717, 1.165) is 78.3 Å². The zero-order chi connectivity index (χ0) is 36.3. The van der Waals surface area contributed by atoms with Crippen molar-refractivity contribution in [2.45, 2.75) is 0 Å². The van der Waals surface area contributed by atoms with Crippen molar-refractivity contribution in [2.75, 3.05) is 0 Å². The Balaban J connectivity index is 1.10. The van der Waals surface area contributed by atoms with Crippen LogP contribution in [-0.4, -0.2) is 19.9 Å². The highest BCUT2D eigenvalue weighted by molar-refractivity contribution is 5.87. The second-order valence-electron chi connectivity index (χ2n) is 13.0. The Kier molecular flexibility index (Phi) is 8.53. The van der Waals surface area contributed by atoms with Crippen molar-refractivity contribution in [3.63, 3.8) is 0 Å². The average molecular weight is 690 g/mol. The van der Waals surface area contributed by atoms with E-state index in [1.807, 2.05) is 84.9 Å². The molecule has 0 aliphatic carbocycles.